The number of nitrogens with one attached hydrogen (secondary N) is 1. The minimum Gasteiger partial charge on any atom is -0.489 e. The van der Waals surface area contributed by atoms with Crippen molar-refractivity contribution in [1.82, 2.24) is 5.32 Å². The van der Waals surface area contributed by atoms with Gasteiger partial charge in [0.2, 0.25) is 0 Å². The topological polar surface area (TPSA) is 75.7 Å². The van der Waals surface area contributed by atoms with Crippen molar-refractivity contribution >= 4 is 52.8 Å². The van der Waals surface area contributed by atoms with Crippen molar-refractivity contribution in [2.75, 3.05) is 4.90 Å². The summed E-state index contributed by atoms with van der Waals surface area (Å²) in [5.41, 5.74) is 1.60. The molecule has 1 saturated heterocycles. The summed E-state index contributed by atoms with van der Waals surface area (Å²) >= 11 is 11.9. The molecule has 0 unspecified atom stereocenters. The predicted molar refractivity (Wildman–Crippen MR) is 123 cm³/mol. The Balaban J connectivity index is 1.57. The van der Waals surface area contributed by atoms with Crippen LogP contribution >= 0.6 is 23.2 Å². The number of rotatable bonds is 5. The van der Waals surface area contributed by atoms with E-state index in [1.54, 1.807) is 48.5 Å². The summed E-state index contributed by atoms with van der Waals surface area (Å²) < 4.78 is 5.80. The van der Waals surface area contributed by atoms with Crippen LogP contribution in [0.1, 0.15) is 11.1 Å². The van der Waals surface area contributed by atoms with Crippen molar-refractivity contribution in [3.63, 3.8) is 0 Å². The van der Waals surface area contributed by atoms with E-state index in [9.17, 15) is 14.4 Å². The molecule has 0 spiro atoms. The van der Waals surface area contributed by atoms with Gasteiger partial charge in [0.25, 0.3) is 11.8 Å². The van der Waals surface area contributed by atoms with E-state index in [4.69, 9.17) is 27.9 Å². The number of benzene rings is 3. The van der Waals surface area contributed by atoms with Crippen molar-refractivity contribution in [3.8, 4) is 5.75 Å². The standard InChI is InChI=1S/C24H16Cl2N2O4/c25-17-7-9-19(10-8-17)28-23(30)21(22(29)27-24(28)31)13-15-3-2-6-20(12-15)32-14-16-4-1-5-18(26)11-16/h1-13H,14H2,(H,27,29,31)/b21-13-. The van der Waals surface area contributed by atoms with E-state index in [1.165, 1.54) is 18.2 Å². The maximum absolute atomic E-state index is 13.0. The first-order chi connectivity index (χ1) is 15.4. The Morgan fingerprint density at radius 3 is 2.38 bits per heavy atom. The lowest BCUT2D eigenvalue weighted by Gasteiger charge is -2.26. The molecule has 32 heavy (non-hydrogen) atoms. The smallest absolute Gasteiger partial charge is 0.335 e. The molecule has 4 amide bonds. The predicted octanol–water partition coefficient (Wildman–Crippen LogP) is 5.24. The third-order valence-electron chi connectivity index (χ3n) is 4.65. The van der Waals surface area contributed by atoms with Gasteiger partial charge in [-0.2, -0.15) is 0 Å². The van der Waals surface area contributed by atoms with Crippen LogP contribution in [0.15, 0.2) is 78.4 Å². The van der Waals surface area contributed by atoms with Crippen molar-refractivity contribution < 1.29 is 19.1 Å². The van der Waals surface area contributed by atoms with Crippen LogP contribution in [0.25, 0.3) is 6.08 Å². The third kappa shape index (κ3) is 4.82. The lowest BCUT2D eigenvalue weighted by Crippen LogP contribution is -2.54. The Labute approximate surface area is 194 Å². The molecule has 1 N–H and O–H groups in total. The van der Waals surface area contributed by atoms with Gasteiger partial charge in [-0.1, -0.05) is 47.5 Å². The largest absolute Gasteiger partial charge is 0.489 e. The van der Waals surface area contributed by atoms with E-state index in [2.05, 4.69) is 5.32 Å². The van der Waals surface area contributed by atoms with Crippen LogP contribution in [0, 0.1) is 0 Å². The van der Waals surface area contributed by atoms with Crippen LogP contribution in [0.2, 0.25) is 10.0 Å². The molecular weight excluding hydrogens is 451 g/mol. The third-order valence-corrected chi connectivity index (χ3v) is 5.14. The summed E-state index contributed by atoms with van der Waals surface area (Å²) in [5.74, 6) is -0.949. The molecule has 1 aliphatic heterocycles. The summed E-state index contributed by atoms with van der Waals surface area (Å²) in [5, 5.41) is 3.27. The fourth-order valence-electron chi connectivity index (χ4n) is 3.14. The normalized spacial score (nSPS) is 15.1. The van der Waals surface area contributed by atoms with Gasteiger partial charge in [-0.25, -0.2) is 9.69 Å². The summed E-state index contributed by atoms with van der Waals surface area (Å²) in [6.45, 7) is 0.304. The first kappa shape index (κ1) is 21.6. The number of halogens is 2. The average molecular weight is 467 g/mol. The van der Waals surface area contributed by atoms with Gasteiger partial charge in [-0.05, 0) is 65.7 Å². The molecule has 1 fully saturated rings. The number of amides is 4. The fourth-order valence-corrected chi connectivity index (χ4v) is 3.48. The molecule has 0 saturated carbocycles. The Morgan fingerprint density at radius 1 is 0.875 bits per heavy atom. The number of anilines is 1. The van der Waals surface area contributed by atoms with Gasteiger partial charge in [-0.3, -0.25) is 14.9 Å². The molecule has 3 aromatic rings. The van der Waals surface area contributed by atoms with Crippen molar-refractivity contribution in [3.05, 3.63) is 99.5 Å². The zero-order valence-corrected chi connectivity index (χ0v) is 18.1. The molecule has 3 aromatic carbocycles. The van der Waals surface area contributed by atoms with E-state index in [1.807, 2.05) is 12.1 Å². The monoisotopic (exact) mass is 466 g/mol. The first-order valence-electron chi connectivity index (χ1n) is 9.55. The molecule has 6 nitrogen and oxygen atoms in total. The Bertz CT molecular complexity index is 1240. The Morgan fingerprint density at radius 2 is 1.62 bits per heavy atom. The van der Waals surface area contributed by atoms with Crippen molar-refractivity contribution in [2.45, 2.75) is 6.61 Å². The molecule has 0 atom stereocenters. The van der Waals surface area contributed by atoms with E-state index < -0.39 is 17.8 Å². The van der Waals surface area contributed by atoms with Gasteiger partial charge in [0.15, 0.2) is 0 Å². The molecule has 1 heterocycles. The zero-order valence-electron chi connectivity index (χ0n) is 16.5. The van der Waals surface area contributed by atoms with Crippen LogP contribution < -0.4 is 15.0 Å². The SMILES string of the molecule is O=C1NC(=O)N(c2ccc(Cl)cc2)C(=O)/C1=C\c1cccc(OCc2cccc(Cl)c2)c1. The lowest BCUT2D eigenvalue weighted by atomic mass is 10.1. The second kappa shape index (κ2) is 9.26. The maximum atomic E-state index is 13.0. The minimum absolute atomic E-state index is 0.174. The average Bonchev–Trinajstić information content (AvgIpc) is 2.77. The highest BCUT2D eigenvalue weighted by Crippen LogP contribution is 2.24. The molecule has 0 aliphatic carbocycles. The highest BCUT2D eigenvalue weighted by Gasteiger charge is 2.36. The summed E-state index contributed by atoms with van der Waals surface area (Å²) in [6.07, 6.45) is 1.42. The van der Waals surface area contributed by atoms with E-state index in [0.717, 1.165) is 10.5 Å². The minimum atomic E-state index is -0.821. The van der Waals surface area contributed by atoms with Crippen molar-refractivity contribution in [1.29, 1.82) is 0 Å². The number of carbonyl (C=O) groups is 3. The van der Waals surface area contributed by atoms with Crippen LogP contribution in [-0.4, -0.2) is 17.8 Å². The van der Waals surface area contributed by atoms with Crippen molar-refractivity contribution in [2.24, 2.45) is 0 Å². The number of carbonyl (C=O) groups excluding carboxylic acids is 3. The van der Waals surface area contributed by atoms with E-state index >= 15 is 0 Å². The fraction of sp³-hybridized carbons (Fsp3) is 0.0417. The van der Waals surface area contributed by atoms with Crippen LogP contribution in [0.3, 0.4) is 0 Å². The number of barbiturate groups is 1. The van der Waals surface area contributed by atoms with Gasteiger partial charge >= 0.3 is 6.03 Å². The first-order valence-corrected chi connectivity index (χ1v) is 10.3. The van der Waals surface area contributed by atoms with E-state index in [0.29, 0.717) is 33.7 Å². The second-order valence-electron chi connectivity index (χ2n) is 6.93. The van der Waals surface area contributed by atoms with Crippen LogP contribution in [0.5, 0.6) is 5.75 Å². The van der Waals surface area contributed by atoms with E-state index in [-0.39, 0.29) is 5.57 Å². The number of imide groups is 2. The van der Waals surface area contributed by atoms with Crippen LogP contribution in [0.4, 0.5) is 10.5 Å². The van der Waals surface area contributed by atoms with Crippen LogP contribution in [-0.2, 0) is 16.2 Å². The maximum Gasteiger partial charge on any atom is 0.335 e. The highest BCUT2D eigenvalue weighted by atomic mass is 35.5. The molecule has 0 radical (unpaired) electrons. The van der Waals surface area contributed by atoms with Gasteiger partial charge in [-0.15, -0.1) is 0 Å². The van der Waals surface area contributed by atoms with Gasteiger partial charge in [0.05, 0.1) is 5.69 Å². The van der Waals surface area contributed by atoms with Gasteiger partial charge in [0, 0.05) is 10.0 Å². The molecule has 160 valence electrons. The molecule has 1 aliphatic rings. The summed E-state index contributed by atoms with van der Waals surface area (Å²) in [7, 11) is 0. The number of hydrogen-bond donors (Lipinski definition) is 1. The zero-order chi connectivity index (χ0) is 22.7. The second-order valence-corrected chi connectivity index (χ2v) is 7.80. The number of nitrogens with zero attached hydrogens (tertiary/aromatic N) is 1. The highest BCUT2D eigenvalue weighted by molar-refractivity contribution is 6.39. The van der Waals surface area contributed by atoms with Gasteiger partial charge < -0.3 is 4.74 Å². The number of hydrogen-bond acceptors (Lipinski definition) is 4. The Hall–Kier alpha value is -3.61. The molecular formula is C24H16Cl2N2O4. The summed E-state index contributed by atoms with van der Waals surface area (Å²) in [6, 6.07) is 19.6. The lowest BCUT2D eigenvalue weighted by molar-refractivity contribution is -0.122. The Kier molecular flexibility index (Phi) is 6.25. The number of ether oxygens (including phenoxy) is 1. The molecule has 4 rings (SSSR count). The molecule has 0 bridgehead atoms. The van der Waals surface area contributed by atoms with Gasteiger partial charge in [0.1, 0.15) is 17.9 Å². The summed E-state index contributed by atoms with van der Waals surface area (Å²) in [4.78, 5) is 38.5. The quantitative estimate of drug-likeness (QED) is 0.412. The molecule has 0 aromatic heterocycles. The molecule has 8 heteroatoms. The number of urea groups is 1.